The summed E-state index contributed by atoms with van der Waals surface area (Å²) in [6.07, 6.45) is 1.61. The van der Waals surface area contributed by atoms with Crippen LogP contribution in [0.25, 0.3) is 0 Å². The summed E-state index contributed by atoms with van der Waals surface area (Å²) >= 11 is 3.39. The Morgan fingerprint density at radius 2 is 1.81 bits per heavy atom. The average Bonchev–Trinajstić information content (AvgIpc) is 2.52. The van der Waals surface area contributed by atoms with Gasteiger partial charge < -0.3 is 14.3 Å². The lowest BCUT2D eigenvalue weighted by molar-refractivity contribution is 0.132. The van der Waals surface area contributed by atoms with E-state index < -0.39 is 0 Å². The Morgan fingerprint density at radius 3 is 2.48 bits per heavy atom. The number of hydrogen-bond donors (Lipinski definition) is 0. The number of nitrogens with zero attached hydrogens (tertiary/aromatic N) is 1. The van der Waals surface area contributed by atoms with Crippen LogP contribution in [-0.4, -0.2) is 20.4 Å². The second kappa shape index (κ2) is 7.69. The molecular weight excluding hydrogens is 334 g/mol. The molecule has 0 spiro atoms. The molecule has 2 rings (SSSR count). The lowest BCUT2D eigenvalue weighted by atomic mass is 10.2. The zero-order chi connectivity index (χ0) is 15.1. The first kappa shape index (κ1) is 15.4. The Kier molecular flexibility index (Phi) is 5.63. The number of oxime groups is 1. The van der Waals surface area contributed by atoms with Gasteiger partial charge in [0.25, 0.3) is 0 Å². The number of rotatable bonds is 6. The molecule has 0 saturated carbocycles. The molecule has 4 nitrogen and oxygen atoms in total. The van der Waals surface area contributed by atoms with Crippen molar-refractivity contribution in [1.82, 2.24) is 0 Å². The third-order valence-corrected chi connectivity index (χ3v) is 3.37. The van der Waals surface area contributed by atoms with Crippen molar-refractivity contribution < 1.29 is 14.3 Å². The first-order valence-electron chi connectivity index (χ1n) is 6.35. The van der Waals surface area contributed by atoms with Crippen molar-refractivity contribution in [2.45, 2.75) is 6.61 Å². The molecule has 0 unspecified atom stereocenters. The van der Waals surface area contributed by atoms with E-state index in [9.17, 15) is 0 Å². The van der Waals surface area contributed by atoms with Crippen LogP contribution in [0.4, 0.5) is 0 Å². The van der Waals surface area contributed by atoms with Gasteiger partial charge in [0.15, 0.2) is 11.5 Å². The summed E-state index contributed by atoms with van der Waals surface area (Å²) in [4.78, 5) is 5.29. The van der Waals surface area contributed by atoms with Gasteiger partial charge in [0.05, 0.1) is 20.4 Å². The normalized spacial score (nSPS) is 10.6. The fraction of sp³-hybridized carbons (Fsp3) is 0.188. The highest BCUT2D eigenvalue weighted by Crippen LogP contribution is 2.29. The molecule has 110 valence electrons. The predicted molar refractivity (Wildman–Crippen MR) is 86.1 cm³/mol. The monoisotopic (exact) mass is 349 g/mol. The summed E-state index contributed by atoms with van der Waals surface area (Å²) in [6.45, 7) is 0.413. The van der Waals surface area contributed by atoms with Crippen LogP contribution >= 0.6 is 15.9 Å². The van der Waals surface area contributed by atoms with Gasteiger partial charge in [-0.15, -0.1) is 0 Å². The van der Waals surface area contributed by atoms with E-state index in [4.69, 9.17) is 14.3 Å². The van der Waals surface area contributed by atoms with Gasteiger partial charge >= 0.3 is 0 Å². The van der Waals surface area contributed by atoms with E-state index in [2.05, 4.69) is 21.1 Å². The molecular formula is C16H16BrNO3. The molecule has 0 fully saturated rings. The number of halogens is 1. The molecule has 0 heterocycles. The van der Waals surface area contributed by atoms with Gasteiger partial charge in [-0.05, 0) is 29.8 Å². The first-order chi connectivity index (χ1) is 10.2. The quantitative estimate of drug-likeness (QED) is 0.584. The van der Waals surface area contributed by atoms with Crippen molar-refractivity contribution in [3.05, 3.63) is 58.1 Å². The smallest absolute Gasteiger partial charge is 0.169 e. The maximum Gasteiger partial charge on any atom is 0.169 e. The molecule has 5 heteroatoms. The van der Waals surface area contributed by atoms with E-state index in [0.29, 0.717) is 18.1 Å². The van der Waals surface area contributed by atoms with Crippen LogP contribution in [-0.2, 0) is 11.4 Å². The van der Waals surface area contributed by atoms with Crippen LogP contribution in [0, 0.1) is 0 Å². The van der Waals surface area contributed by atoms with E-state index in [1.165, 1.54) is 0 Å². The molecule has 0 N–H and O–H groups in total. The highest BCUT2D eigenvalue weighted by molar-refractivity contribution is 9.10. The maximum absolute atomic E-state index is 5.32. The van der Waals surface area contributed by atoms with Crippen LogP contribution in [0.3, 0.4) is 0 Å². The Bertz CT molecular complexity index is 611. The Labute approximate surface area is 132 Å². The number of methoxy groups -OCH3 is 2. The second-order valence-electron chi connectivity index (χ2n) is 4.22. The van der Waals surface area contributed by atoms with E-state index >= 15 is 0 Å². The summed E-state index contributed by atoms with van der Waals surface area (Å²) in [5, 5.41) is 3.97. The van der Waals surface area contributed by atoms with Crippen molar-refractivity contribution in [2.75, 3.05) is 14.2 Å². The minimum atomic E-state index is 0.413. The maximum atomic E-state index is 5.32. The standard InChI is InChI=1S/C16H16BrNO3/c1-19-15-5-3-4-13(16(15)20-2)10-18-21-11-12-6-8-14(17)9-7-12/h3-10H,11H2,1-2H3/b18-10-. The lowest BCUT2D eigenvalue weighted by Gasteiger charge is -2.09. The van der Waals surface area contributed by atoms with Crippen molar-refractivity contribution >= 4 is 22.1 Å². The first-order valence-corrected chi connectivity index (χ1v) is 7.14. The molecule has 0 saturated heterocycles. The van der Waals surface area contributed by atoms with Gasteiger partial charge in [-0.3, -0.25) is 0 Å². The van der Waals surface area contributed by atoms with Gasteiger partial charge in [0.1, 0.15) is 6.61 Å². The topological polar surface area (TPSA) is 40.0 Å². The summed E-state index contributed by atoms with van der Waals surface area (Å²) in [6, 6.07) is 13.5. The predicted octanol–water partition coefficient (Wildman–Crippen LogP) is 4.02. The van der Waals surface area contributed by atoms with E-state index in [1.807, 2.05) is 42.5 Å². The Hall–Kier alpha value is -2.01. The molecule has 0 bridgehead atoms. The van der Waals surface area contributed by atoms with Crippen LogP contribution in [0.2, 0.25) is 0 Å². The molecule has 0 aromatic heterocycles. The van der Waals surface area contributed by atoms with Gasteiger partial charge in [-0.2, -0.15) is 0 Å². The van der Waals surface area contributed by atoms with Crippen LogP contribution in [0.15, 0.2) is 52.1 Å². The molecule has 2 aromatic carbocycles. The SMILES string of the molecule is COc1cccc(/C=N\OCc2ccc(Br)cc2)c1OC. The van der Waals surface area contributed by atoms with Crippen molar-refractivity contribution in [3.63, 3.8) is 0 Å². The molecule has 0 amide bonds. The van der Waals surface area contributed by atoms with Gasteiger partial charge in [-0.25, -0.2) is 0 Å². The van der Waals surface area contributed by atoms with E-state index in [1.54, 1.807) is 20.4 Å². The van der Waals surface area contributed by atoms with E-state index in [0.717, 1.165) is 15.6 Å². The molecule has 0 aliphatic heterocycles. The van der Waals surface area contributed by atoms with E-state index in [-0.39, 0.29) is 0 Å². The lowest BCUT2D eigenvalue weighted by Crippen LogP contribution is -1.95. The Morgan fingerprint density at radius 1 is 1.05 bits per heavy atom. The summed E-state index contributed by atoms with van der Waals surface area (Å²) in [5.41, 5.74) is 1.85. The molecule has 0 radical (unpaired) electrons. The summed E-state index contributed by atoms with van der Waals surface area (Å²) < 4.78 is 11.6. The number of benzene rings is 2. The second-order valence-corrected chi connectivity index (χ2v) is 5.13. The zero-order valence-corrected chi connectivity index (χ0v) is 13.5. The molecule has 2 aromatic rings. The van der Waals surface area contributed by atoms with Crippen molar-refractivity contribution in [3.8, 4) is 11.5 Å². The highest BCUT2D eigenvalue weighted by Gasteiger charge is 2.07. The molecule has 0 aliphatic carbocycles. The molecule has 0 atom stereocenters. The minimum Gasteiger partial charge on any atom is -0.493 e. The van der Waals surface area contributed by atoms with Gasteiger partial charge in [0, 0.05) is 10.0 Å². The average molecular weight is 350 g/mol. The third kappa shape index (κ3) is 4.23. The number of hydrogen-bond acceptors (Lipinski definition) is 4. The summed E-state index contributed by atoms with van der Waals surface area (Å²) in [5.74, 6) is 1.30. The highest BCUT2D eigenvalue weighted by atomic mass is 79.9. The molecule has 21 heavy (non-hydrogen) atoms. The van der Waals surface area contributed by atoms with Crippen LogP contribution < -0.4 is 9.47 Å². The summed E-state index contributed by atoms with van der Waals surface area (Å²) in [7, 11) is 3.20. The van der Waals surface area contributed by atoms with Gasteiger partial charge in [-0.1, -0.05) is 39.3 Å². The van der Waals surface area contributed by atoms with Crippen molar-refractivity contribution in [1.29, 1.82) is 0 Å². The van der Waals surface area contributed by atoms with Crippen LogP contribution in [0.1, 0.15) is 11.1 Å². The fourth-order valence-corrected chi connectivity index (χ4v) is 2.06. The minimum absolute atomic E-state index is 0.413. The number of para-hydroxylation sites is 1. The largest absolute Gasteiger partial charge is 0.493 e. The molecule has 0 aliphatic rings. The zero-order valence-electron chi connectivity index (χ0n) is 11.9. The van der Waals surface area contributed by atoms with Crippen LogP contribution in [0.5, 0.6) is 11.5 Å². The van der Waals surface area contributed by atoms with Gasteiger partial charge in [0.2, 0.25) is 0 Å². The number of ether oxygens (including phenoxy) is 2. The Balaban J connectivity index is 2.00. The third-order valence-electron chi connectivity index (χ3n) is 2.84. The fourth-order valence-electron chi connectivity index (χ4n) is 1.80. The van der Waals surface area contributed by atoms with Crippen molar-refractivity contribution in [2.24, 2.45) is 5.16 Å².